The molecule has 7 rings (SSSR count). The van der Waals surface area contributed by atoms with Crippen LogP contribution in [0.1, 0.15) is 23.0 Å². The van der Waals surface area contributed by atoms with Crippen LogP contribution in [0.15, 0.2) is 33.5 Å². The molecule has 0 bridgehead atoms. The highest BCUT2D eigenvalue weighted by atomic mass is 16.6. The number of carbonyl (C=O) groups excluding carboxylic acids is 2. The van der Waals surface area contributed by atoms with E-state index in [4.69, 9.17) is 37.3 Å². The Morgan fingerprint density at radius 1 is 0.583 bits per heavy atom. The Morgan fingerprint density at radius 3 is 1.33 bits per heavy atom. The molecule has 0 radical (unpaired) electrons. The molecular formula is C26H20O10. The minimum absolute atomic E-state index is 0.330. The first-order valence-electron chi connectivity index (χ1n) is 11.3. The van der Waals surface area contributed by atoms with E-state index in [9.17, 15) is 9.59 Å². The van der Waals surface area contributed by atoms with Crippen molar-refractivity contribution in [2.24, 2.45) is 11.8 Å². The monoisotopic (exact) mass is 492 g/mol. The number of methoxy groups -OCH3 is 4. The van der Waals surface area contributed by atoms with Crippen LogP contribution in [0.2, 0.25) is 0 Å². The Kier molecular flexibility index (Phi) is 4.14. The second-order valence-electron chi connectivity index (χ2n) is 8.89. The molecule has 1 fully saturated rings. The number of hydrogen-bond acceptors (Lipinski definition) is 10. The van der Waals surface area contributed by atoms with Crippen LogP contribution in [-0.4, -0.2) is 40.4 Å². The zero-order valence-corrected chi connectivity index (χ0v) is 19.7. The van der Waals surface area contributed by atoms with Crippen LogP contribution in [0, 0.1) is 11.8 Å². The van der Waals surface area contributed by atoms with Gasteiger partial charge in [-0.05, 0) is 12.1 Å². The van der Waals surface area contributed by atoms with E-state index in [1.165, 1.54) is 41.0 Å². The largest absolute Gasteiger partial charge is 0.492 e. The number of hydrogen-bond donors (Lipinski definition) is 0. The molecule has 10 nitrogen and oxygen atoms in total. The molecule has 0 amide bonds. The Labute approximate surface area is 203 Å². The molecule has 4 aromatic rings. The topological polar surface area (TPSA) is 116 Å². The maximum absolute atomic E-state index is 13.3. The summed E-state index contributed by atoms with van der Waals surface area (Å²) in [5.41, 5.74) is 2.06. The molecule has 0 unspecified atom stereocenters. The lowest BCUT2D eigenvalue weighted by Gasteiger charge is -2.54. The van der Waals surface area contributed by atoms with E-state index in [0.29, 0.717) is 67.6 Å². The van der Waals surface area contributed by atoms with E-state index in [0.717, 1.165) is 0 Å². The number of furan rings is 2. The van der Waals surface area contributed by atoms with Crippen LogP contribution in [0.4, 0.5) is 0 Å². The summed E-state index contributed by atoms with van der Waals surface area (Å²) in [6.07, 6.45) is 2.99. The molecule has 0 spiro atoms. The molecule has 0 saturated heterocycles. The number of esters is 2. The lowest BCUT2D eigenvalue weighted by molar-refractivity contribution is -0.165. The van der Waals surface area contributed by atoms with Gasteiger partial charge in [0.2, 0.25) is 11.5 Å². The zero-order valence-electron chi connectivity index (χ0n) is 19.7. The minimum Gasteiger partial charge on any atom is -0.492 e. The molecule has 3 aliphatic rings. The van der Waals surface area contributed by atoms with Crippen LogP contribution in [0.5, 0.6) is 34.5 Å². The molecule has 36 heavy (non-hydrogen) atoms. The lowest BCUT2D eigenvalue weighted by atomic mass is 9.50. The van der Waals surface area contributed by atoms with E-state index < -0.39 is 35.6 Å². The highest BCUT2D eigenvalue weighted by Crippen LogP contribution is 2.70. The number of ether oxygens (including phenoxy) is 6. The highest BCUT2D eigenvalue weighted by Gasteiger charge is 2.66. The van der Waals surface area contributed by atoms with Gasteiger partial charge in [-0.15, -0.1) is 0 Å². The van der Waals surface area contributed by atoms with Gasteiger partial charge in [0.1, 0.15) is 11.5 Å². The smallest absolute Gasteiger partial charge is 0.315 e. The third-order valence-corrected chi connectivity index (χ3v) is 7.60. The Morgan fingerprint density at radius 2 is 0.972 bits per heavy atom. The van der Waals surface area contributed by atoms with Crippen LogP contribution < -0.4 is 28.4 Å². The summed E-state index contributed by atoms with van der Waals surface area (Å²) in [4.78, 5) is 26.6. The first-order chi connectivity index (χ1) is 17.5. The summed E-state index contributed by atoms with van der Waals surface area (Å²) in [6.45, 7) is 0. The van der Waals surface area contributed by atoms with Crippen molar-refractivity contribution in [2.75, 3.05) is 28.4 Å². The van der Waals surface area contributed by atoms with Crippen molar-refractivity contribution >= 4 is 33.9 Å². The Balaban J connectivity index is 1.56. The quantitative estimate of drug-likeness (QED) is 0.304. The third-order valence-electron chi connectivity index (χ3n) is 7.60. The summed E-state index contributed by atoms with van der Waals surface area (Å²) in [7, 11) is 6.05. The standard InChI is InChI=1S/C26H20O10/c1-29-21-15-11-12-14(13(11)25(27)35-17(15)9-5-7-33-19(9)23(21)31-3)26(28)36-18-10-6-8-34-20(10)24(32-4)22(30-2)16(12)18/h5-8,11-14H,1-4H3/t11-,12-,13-,14+/m0/s1. The summed E-state index contributed by atoms with van der Waals surface area (Å²) >= 11 is 0. The number of rotatable bonds is 4. The van der Waals surface area contributed by atoms with Gasteiger partial charge in [0.05, 0.1) is 63.6 Å². The van der Waals surface area contributed by atoms with Gasteiger partial charge in [0.15, 0.2) is 22.7 Å². The Hall–Kier alpha value is -4.34. The SMILES string of the molecule is COc1c2c(c3ccoc3c1OC)OC(=O)[C@@H]1[C@@H]3C(=O)Oc4c(c(OC)c(OC)c5occc45)[C@H]3[C@H]21. The fourth-order valence-corrected chi connectivity index (χ4v) is 6.27. The first-order valence-corrected chi connectivity index (χ1v) is 11.3. The van der Waals surface area contributed by atoms with Gasteiger partial charge < -0.3 is 37.3 Å². The summed E-state index contributed by atoms with van der Waals surface area (Å²) in [5, 5.41) is 1.15. The summed E-state index contributed by atoms with van der Waals surface area (Å²) in [5.74, 6) is -1.36. The second-order valence-corrected chi connectivity index (χ2v) is 8.89. The lowest BCUT2D eigenvalue weighted by Crippen LogP contribution is -2.57. The average Bonchev–Trinajstić information content (AvgIpc) is 3.54. The summed E-state index contributed by atoms with van der Waals surface area (Å²) in [6, 6.07) is 3.42. The fraction of sp³-hybridized carbons (Fsp3) is 0.308. The molecule has 2 aliphatic heterocycles. The molecule has 2 aromatic heterocycles. The molecule has 0 N–H and O–H groups in total. The normalized spacial score (nSPS) is 23.6. The van der Waals surface area contributed by atoms with Crippen LogP contribution >= 0.6 is 0 Å². The van der Waals surface area contributed by atoms with Crippen molar-refractivity contribution in [2.45, 2.75) is 11.8 Å². The van der Waals surface area contributed by atoms with E-state index >= 15 is 0 Å². The Bertz CT molecular complexity index is 1490. The molecule has 10 heteroatoms. The molecule has 4 atom stereocenters. The average molecular weight is 492 g/mol. The molecule has 4 heterocycles. The van der Waals surface area contributed by atoms with Gasteiger partial charge in [-0.1, -0.05) is 0 Å². The molecule has 184 valence electrons. The number of carbonyl (C=O) groups is 2. The van der Waals surface area contributed by atoms with Crippen molar-refractivity contribution in [1.82, 2.24) is 0 Å². The van der Waals surface area contributed by atoms with Crippen molar-refractivity contribution < 1.29 is 46.8 Å². The maximum atomic E-state index is 13.3. The highest BCUT2D eigenvalue weighted by molar-refractivity contribution is 6.03. The third kappa shape index (κ3) is 2.27. The molecular weight excluding hydrogens is 472 g/mol. The van der Waals surface area contributed by atoms with Gasteiger partial charge in [-0.25, -0.2) is 0 Å². The predicted octanol–water partition coefficient (Wildman–Crippen LogP) is 4.16. The molecule has 1 saturated carbocycles. The zero-order chi connectivity index (χ0) is 24.9. The molecule has 2 aromatic carbocycles. The van der Waals surface area contributed by atoms with Gasteiger partial charge in [-0.2, -0.15) is 0 Å². The van der Waals surface area contributed by atoms with Crippen molar-refractivity contribution in [3.8, 4) is 34.5 Å². The van der Waals surface area contributed by atoms with Crippen molar-refractivity contribution in [1.29, 1.82) is 0 Å². The predicted molar refractivity (Wildman–Crippen MR) is 122 cm³/mol. The van der Waals surface area contributed by atoms with E-state index in [-0.39, 0.29) is 0 Å². The van der Waals surface area contributed by atoms with E-state index in [1.54, 1.807) is 12.1 Å². The molecule has 1 aliphatic carbocycles. The van der Waals surface area contributed by atoms with Crippen LogP contribution in [-0.2, 0) is 9.59 Å². The van der Waals surface area contributed by atoms with Gasteiger partial charge >= 0.3 is 11.9 Å². The van der Waals surface area contributed by atoms with Crippen molar-refractivity contribution in [3.05, 3.63) is 35.8 Å². The summed E-state index contributed by atoms with van der Waals surface area (Å²) < 4.78 is 45.8. The van der Waals surface area contributed by atoms with Gasteiger partial charge in [0.25, 0.3) is 0 Å². The fourth-order valence-electron chi connectivity index (χ4n) is 6.27. The van der Waals surface area contributed by atoms with Gasteiger partial charge in [-0.3, -0.25) is 9.59 Å². The second kappa shape index (κ2) is 7.09. The number of benzene rings is 2. The van der Waals surface area contributed by atoms with Gasteiger partial charge in [0, 0.05) is 23.0 Å². The first kappa shape index (κ1) is 21.0. The number of fused-ring (bicyclic) bond motifs is 12. The maximum Gasteiger partial charge on any atom is 0.315 e. The van der Waals surface area contributed by atoms with Crippen LogP contribution in [0.25, 0.3) is 21.9 Å². The van der Waals surface area contributed by atoms with E-state index in [2.05, 4.69) is 0 Å². The van der Waals surface area contributed by atoms with Crippen molar-refractivity contribution in [3.63, 3.8) is 0 Å². The minimum atomic E-state index is -0.776. The van der Waals surface area contributed by atoms with Crippen LogP contribution in [0.3, 0.4) is 0 Å². The van der Waals surface area contributed by atoms with E-state index in [1.807, 2.05) is 0 Å².